The lowest BCUT2D eigenvalue weighted by atomic mass is 9.82. The summed E-state index contributed by atoms with van der Waals surface area (Å²) in [5, 5.41) is 17.1. The van der Waals surface area contributed by atoms with Gasteiger partial charge in [-0.1, -0.05) is 12.1 Å². The van der Waals surface area contributed by atoms with E-state index in [4.69, 9.17) is 4.74 Å². The van der Waals surface area contributed by atoms with Crippen LogP contribution in [0.3, 0.4) is 0 Å². The van der Waals surface area contributed by atoms with E-state index in [0.29, 0.717) is 24.1 Å². The number of para-hydroxylation sites is 2. The molecule has 0 unspecified atom stereocenters. The Kier molecular flexibility index (Phi) is 6.83. The summed E-state index contributed by atoms with van der Waals surface area (Å²) in [4.78, 5) is 22.4. The van der Waals surface area contributed by atoms with Crippen LogP contribution in [-0.4, -0.2) is 29.7 Å². The van der Waals surface area contributed by atoms with Crippen LogP contribution >= 0.6 is 0 Å². The van der Waals surface area contributed by atoms with Crippen molar-refractivity contribution in [2.24, 2.45) is 11.8 Å². The smallest absolute Gasteiger partial charge is 0.407 e. The number of nitrogens with one attached hydrogen (secondary N) is 2. The maximum atomic E-state index is 11.7. The molecule has 0 heterocycles. The molecule has 0 saturated heterocycles. The third-order valence-electron chi connectivity index (χ3n) is 4.58. The molecule has 0 radical (unpaired) electrons. The van der Waals surface area contributed by atoms with Gasteiger partial charge in [0.05, 0.1) is 4.92 Å². The van der Waals surface area contributed by atoms with E-state index in [1.54, 1.807) is 18.2 Å². The van der Waals surface area contributed by atoms with Crippen LogP contribution in [-0.2, 0) is 4.74 Å². The number of nitrogens with zero attached hydrogens (tertiary/aromatic N) is 1. The molecular weight excluding hydrogens is 334 g/mol. The average molecular weight is 363 g/mol. The van der Waals surface area contributed by atoms with Gasteiger partial charge in [0.25, 0.3) is 5.69 Å². The zero-order chi connectivity index (χ0) is 19.2. The summed E-state index contributed by atoms with van der Waals surface area (Å²) in [7, 11) is 0. The predicted octanol–water partition coefficient (Wildman–Crippen LogP) is 4.34. The molecule has 0 aliphatic heterocycles. The van der Waals surface area contributed by atoms with Crippen molar-refractivity contribution in [1.29, 1.82) is 0 Å². The van der Waals surface area contributed by atoms with Gasteiger partial charge < -0.3 is 15.4 Å². The number of carbonyl (C=O) groups is 1. The highest BCUT2D eigenvalue weighted by atomic mass is 16.6. The number of anilines is 1. The Balaban J connectivity index is 1.71. The van der Waals surface area contributed by atoms with Crippen molar-refractivity contribution in [3.8, 4) is 0 Å². The first-order valence-corrected chi connectivity index (χ1v) is 9.19. The van der Waals surface area contributed by atoms with Crippen LogP contribution in [0.15, 0.2) is 24.3 Å². The summed E-state index contributed by atoms with van der Waals surface area (Å²) in [6.45, 7) is 6.92. The minimum Gasteiger partial charge on any atom is -0.444 e. The standard InChI is InChI=1S/C19H29N3O4/c1-19(2,3)26-18(23)21-13-15-10-8-14(9-11-15)12-20-16-6-4-5-7-17(16)22(24)25/h4-7,14-15,20H,8-13H2,1-3H3,(H,21,23). The molecule has 0 aromatic heterocycles. The molecular formula is C19H29N3O4. The van der Waals surface area contributed by atoms with Crippen LogP contribution < -0.4 is 10.6 Å². The molecule has 1 aliphatic rings. The Morgan fingerprint density at radius 1 is 1.15 bits per heavy atom. The van der Waals surface area contributed by atoms with E-state index >= 15 is 0 Å². The van der Waals surface area contributed by atoms with Gasteiger partial charge in [-0.05, 0) is 64.4 Å². The number of nitro groups is 1. The first-order valence-electron chi connectivity index (χ1n) is 9.19. The van der Waals surface area contributed by atoms with Crippen molar-refractivity contribution in [2.75, 3.05) is 18.4 Å². The maximum Gasteiger partial charge on any atom is 0.407 e. The Hall–Kier alpha value is -2.31. The van der Waals surface area contributed by atoms with E-state index in [1.165, 1.54) is 6.07 Å². The summed E-state index contributed by atoms with van der Waals surface area (Å²) in [6, 6.07) is 6.73. The molecule has 2 rings (SSSR count). The van der Waals surface area contributed by atoms with Crippen molar-refractivity contribution in [2.45, 2.75) is 52.1 Å². The summed E-state index contributed by atoms with van der Waals surface area (Å²) in [5.41, 5.74) is 0.210. The first-order chi connectivity index (χ1) is 12.2. The lowest BCUT2D eigenvalue weighted by Crippen LogP contribution is -2.36. The molecule has 0 bridgehead atoms. The van der Waals surface area contributed by atoms with E-state index in [-0.39, 0.29) is 16.7 Å². The monoisotopic (exact) mass is 363 g/mol. The van der Waals surface area contributed by atoms with Crippen LogP contribution in [0, 0.1) is 22.0 Å². The van der Waals surface area contributed by atoms with Gasteiger partial charge in [0.15, 0.2) is 0 Å². The van der Waals surface area contributed by atoms with E-state index < -0.39 is 5.60 Å². The van der Waals surface area contributed by atoms with Gasteiger partial charge in [0.1, 0.15) is 11.3 Å². The summed E-state index contributed by atoms with van der Waals surface area (Å²) >= 11 is 0. The average Bonchev–Trinajstić information content (AvgIpc) is 2.57. The Morgan fingerprint density at radius 2 is 1.73 bits per heavy atom. The van der Waals surface area contributed by atoms with Gasteiger partial charge in [0.2, 0.25) is 0 Å². The molecule has 1 aromatic rings. The second-order valence-corrected chi connectivity index (χ2v) is 7.92. The summed E-state index contributed by atoms with van der Waals surface area (Å²) < 4.78 is 5.25. The topological polar surface area (TPSA) is 93.5 Å². The SMILES string of the molecule is CC(C)(C)OC(=O)NCC1CCC(CNc2ccccc2[N+](=O)[O-])CC1. The van der Waals surface area contributed by atoms with Crippen molar-refractivity contribution < 1.29 is 14.5 Å². The molecule has 1 amide bonds. The van der Waals surface area contributed by atoms with Gasteiger partial charge in [-0.3, -0.25) is 10.1 Å². The minimum atomic E-state index is -0.479. The summed E-state index contributed by atoms with van der Waals surface area (Å²) in [6.07, 6.45) is 3.82. The van der Waals surface area contributed by atoms with Crippen molar-refractivity contribution in [1.82, 2.24) is 5.32 Å². The first kappa shape index (κ1) is 20.0. The van der Waals surface area contributed by atoms with Crippen molar-refractivity contribution in [3.63, 3.8) is 0 Å². The second-order valence-electron chi connectivity index (χ2n) is 7.92. The van der Waals surface area contributed by atoms with Gasteiger partial charge in [-0.2, -0.15) is 0 Å². The third kappa shape index (κ3) is 6.54. The lowest BCUT2D eigenvalue weighted by Gasteiger charge is -2.29. The summed E-state index contributed by atoms with van der Waals surface area (Å²) in [5.74, 6) is 0.956. The number of hydrogen-bond donors (Lipinski definition) is 2. The normalized spacial score (nSPS) is 20.3. The largest absolute Gasteiger partial charge is 0.444 e. The fourth-order valence-electron chi connectivity index (χ4n) is 3.22. The molecule has 0 atom stereocenters. The van der Waals surface area contributed by atoms with Crippen LogP contribution in [0.4, 0.5) is 16.2 Å². The second kappa shape index (κ2) is 8.87. The molecule has 1 saturated carbocycles. The highest BCUT2D eigenvalue weighted by Crippen LogP contribution is 2.30. The molecule has 2 N–H and O–H groups in total. The van der Waals surface area contributed by atoms with Gasteiger partial charge in [-0.15, -0.1) is 0 Å². The quantitative estimate of drug-likeness (QED) is 0.579. The Morgan fingerprint density at radius 3 is 2.31 bits per heavy atom. The molecule has 0 spiro atoms. The molecule has 1 aromatic carbocycles. The van der Waals surface area contributed by atoms with Crippen molar-refractivity contribution >= 4 is 17.5 Å². The van der Waals surface area contributed by atoms with Crippen molar-refractivity contribution in [3.05, 3.63) is 34.4 Å². The zero-order valence-corrected chi connectivity index (χ0v) is 15.8. The number of hydrogen-bond acceptors (Lipinski definition) is 5. The number of rotatable bonds is 6. The number of amides is 1. The van der Waals surface area contributed by atoms with E-state index in [0.717, 1.165) is 32.2 Å². The zero-order valence-electron chi connectivity index (χ0n) is 15.8. The fourth-order valence-corrected chi connectivity index (χ4v) is 3.22. The van der Waals surface area contributed by atoms with Crippen LogP contribution in [0.5, 0.6) is 0 Å². The van der Waals surface area contributed by atoms with Gasteiger partial charge in [0, 0.05) is 19.2 Å². The van der Waals surface area contributed by atoms with E-state index in [2.05, 4.69) is 10.6 Å². The fraction of sp³-hybridized carbons (Fsp3) is 0.632. The van der Waals surface area contributed by atoms with Gasteiger partial charge >= 0.3 is 6.09 Å². The minimum absolute atomic E-state index is 0.114. The molecule has 144 valence electrons. The number of nitro benzene ring substituents is 1. The van der Waals surface area contributed by atoms with Crippen LogP contribution in [0.2, 0.25) is 0 Å². The molecule has 7 heteroatoms. The van der Waals surface area contributed by atoms with E-state index in [1.807, 2.05) is 20.8 Å². The molecule has 1 fully saturated rings. The maximum absolute atomic E-state index is 11.7. The number of benzene rings is 1. The third-order valence-corrected chi connectivity index (χ3v) is 4.58. The molecule has 26 heavy (non-hydrogen) atoms. The lowest BCUT2D eigenvalue weighted by molar-refractivity contribution is -0.384. The highest BCUT2D eigenvalue weighted by Gasteiger charge is 2.23. The highest BCUT2D eigenvalue weighted by molar-refractivity contribution is 5.67. The molecule has 1 aliphatic carbocycles. The predicted molar refractivity (Wildman–Crippen MR) is 101 cm³/mol. The van der Waals surface area contributed by atoms with E-state index in [9.17, 15) is 14.9 Å². The Labute approximate surface area is 154 Å². The number of alkyl carbamates (subject to hydrolysis) is 1. The van der Waals surface area contributed by atoms with Gasteiger partial charge in [-0.25, -0.2) is 4.79 Å². The Bertz CT molecular complexity index is 619. The number of ether oxygens (including phenoxy) is 1. The molecule has 7 nitrogen and oxygen atoms in total. The van der Waals surface area contributed by atoms with Crippen LogP contribution in [0.25, 0.3) is 0 Å². The number of carbonyl (C=O) groups excluding carboxylic acids is 1. The van der Waals surface area contributed by atoms with Crippen LogP contribution in [0.1, 0.15) is 46.5 Å².